The van der Waals surface area contributed by atoms with Crippen LogP contribution < -0.4 is 15.9 Å². The number of nitrogens with one attached hydrogen (secondary N) is 1. The number of hydrogen-bond donors (Lipinski definition) is 1. The van der Waals surface area contributed by atoms with Gasteiger partial charge in [-0.05, 0) is 61.7 Å². The predicted octanol–water partition coefficient (Wildman–Crippen LogP) is 5.40. The highest BCUT2D eigenvalue weighted by molar-refractivity contribution is 6.02. The van der Waals surface area contributed by atoms with E-state index in [0.717, 1.165) is 41.2 Å². The Hall–Kier alpha value is -5.35. The number of nitrogens with zero attached hydrogens (tertiary/aromatic N) is 2. The second-order valence-corrected chi connectivity index (χ2v) is 12.0. The molecular formula is C37H35N3O7. The van der Waals surface area contributed by atoms with Crippen LogP contribution in [0.15, 0.2) is 105 Å². The van der Waals surface area contributed by atoms with Gasteiger partial charge in [-0.25, -0.2) is 9.59 Å². The van der Waals surface area contributed by atoms with Gasteiger partial charge in [-0.2, -0.15) is 0 Å². The van der Waals surface area contributed by atoms with E-state index in [1.54, 1.807) is 6.92 Å². The van der Waals surface area contributed by atoms with E-state index >= 15 is 0 Å². The standard InChI is InChI=1S/C37H35N3O7/c1-24-19-30(34(27-9-5-3-6-10-27)40(24)28-11-7-4-8-12-28)35(42)39-18-17-38-23-37(39)20-31(37)26-13-15-29(16-14-26)44-22-33(41)45-21-32-25(2)46-36(43)47-32/h3-16,19,31,38H,17-18,20-23H2,1-2H3. The first-order valence-electron chi connectivity index (χ1n) is 15.7. The zero-order chi connectivity index (χ0) is 32.5. The minimum Gasteiger partial charge on any atom is -0.482 e. The van der Waals surface area contributed by atoms with Crippen LogP contribution in [0.1, 0.15) is 45.5 Å². The Morgan fingerprint density at radius 1 is 0.957 bits per heavy atom. The fourth-order valence-corrected chi connectivity index (χ4v) is 6.70. The van der Waals surface area contributed by atoms with E-state index < -0.39 is 11.8 Å². The van der Waals surface area contributed by atoms with Gasteiger partial charge in [0.2, 0.25) is 0 Å². The van der Waals surface area contributed by atoms with Crippen LogP contribution in [0.5, 0.6) is 5.75 Å². The summed E-state index contributed by atoms with van der Waals surface area (Å²) in [7, 11) is 0. The van der Waals surface area contributed by atoms with Crippen molar-refractivity contribution in [2.24, 2.45) is 0 Å². The highest BCUT2D eigenvalue weighted by Crippen LogP contribution is 2.56. The molecule has 47 heavy (non-hydrogen) atoms. The molecule has 2 atom stereocenters. The van der Waals surface area contributed by atoms with Crippen molar-refractivity contribution in [1.82, 2.24) is 14.8 Å². The van der Waals surface area contributed by atoms with Crippen molar-refractivity contribution in [3.63, 3.8) is 0 Å². The molecule has 2 aliphatic rings. The molecule has 0 bridgehead atoms. The largest absolute Gasteiger partial charge is 0.519 e. The van der Waals surface area contributed by atoms with E-state index in [2.05, 4.69) is 39.0 Å². The van der Waals surface area contributed by atoms with E-state index in [1.807, 2.05) is 73.7 Å². The summed E-state index contributed by atoms with van der Waals surface area (Å²) in [6.45, 7) is 5.15. The molecule has 1 amide bonds. The molecule has 1 spiro atoms. The zero-order valence-corrected chi connectivity index (χ0v) is 26.2. The van der Waals surface area contributed by atoms with Gasteiger partial charge in [-0.3, -0.25) is 4.79 Å². The average Bonchev–Trinajstić information content (AvgIpc) is 3.53. The minimum atomic E-state index is -0.840. The van der Waals surface area contributed by atoms with E-state index in [4.69, 9.17) is 18.3 Å². The summed E-state index contributed by atoms with van der Waals surface area (Å²) >= 11 is 0. The quantitative estimate of drug-likeness (QED) is 0.215. The van der Waals surface area contributed by atoms with Gasteiger partial charge < -0.3 is 33.1 Å². The maximum absolute atomic E-state index is 14.6. The fourth-order valence-electron chi connectivity index (χ4n) is 6.70. The zero-order valence-electron chi connectivity index (χ0n) is 26.2. The molecule has 3 aromatic carbocycles. The molecule has 1 N–H and O–H groups in total. The molecule has 1 saturated heterocycles. The molecule has 10 heteroatoms. The van der Waals surface area contributed by atoms with Crippen LogP contribution in [-0.2, 0) is 16.1 Å². The molecule has 0 radical (unpaired) electrons. The fraction of sp³-hybridized carbons (Fsp3) is 0.270. The summed E-state index contributed by atoms with van der Waals surface area (Å²) in [5, 5.41) is 3.53. The number of aromatic nitrogens is 1. The lowest BCUT2D eigenvalue weighted by Gasteiger charge is -2.38. The summed E-state index contributed by atoms with van der Waals surface area (Å²) in [6.07, 6.45) is 0.848. The summed E-state index contributed by atoms with van der Waals surface area (Å²) < 4.78 is 22.6. The first-order chi connectivity index (χ1) is 22.8. The molecule has 2 fully saturated rings. The third-order valence-electron chi connectivity index (χ3n) is 9.09. The van der Waals surface area contributed by atoms with E-state index in [-0.39, 0.29) is 42.1 Å². The Morgan fingerprint density at radius 2 is 1.68 bits per heavy atom. The van der Waals surface area contributed by atoms with E-state index in [9.17, 15) is 14.4 Å². The van der Waals surface area contributed by atoms with Gasteiger partial charge in [-0.15, -0.1) is 0 Å². The summed E-state index contributed by atoms with van der Waals surface area (Å²) in [6, 6.07) is 29.9. The maximum atomic E-state index is 14.6. The van der Waals surface area contributed by atoms with E-state index in [1.165, 1.54) is 0 Å². The lowest BCUT2D eigenvalue weighted by atomic mass is 10.0. The number of aryl methyl sites for hydroxylation is 2. The van der Waals surface area contributed by atoms with Gasteiger partial charge in [0.05, 0.1) is 16.8 Å². The molecule has 7 rings (SSSR count). The molecule has 1 saturated carbocycles. The Kier molecular flexibility index (Phi) is 8.03. The molecule has 5 aromatic rings. The summed E-state index contributed by atoms with van der Waals surface area (Å²) in [4.78, 5) is 40.0. The lowest BCUT2D eigenvalue weighted by molar-refractivity contribution is -0.147. The monoisotopic (exact) mass is 633 g/mol. The first kappa shape index (κ1) is 30.3. The van der Waals surface area contributed by atoms with Crippen LogP contribution in [-0.4, -0.2) is 53.1 Å². The molecule has 2 aromatic heterocycles. The van der Waals surface area contributed by atoms with Crippen molar-refractivity contribution >= 4 is 11.9 Å². The highest BCUT2D eigenvalue weighted by Gasteiger charge is 2.61. The van der Waals surface area contributed by atoms with E-state index in [0.29, 0.717) is 24.4 Å². The molecule has 1 aliphatic heterocycles. The Balaban J connectivity index is 1.08. The molecule has 2 unspecified atom stereocenters. The number of hydrogen-bond acceptors (Lipinski definition) is 8. The van der Waals surface area contributed by atoms with Crippen molar-refractivity contribution in [1.29, 1.82) is 0 Å². The highest BCUT2D eigenvalue weighted by atomic mass is 16.6. The average molecular weight is 634 g/mol. The van der Waals surface area contributed by atoms with Crippen molar-refractivity contribution in [3.8, 4) is 22.7 Å². The van der Waals surface area contributed by atoms with Gasteiger partial charge in [-0.1, -0.05) is 60.7 Å². The number of rotatable bonds is 9. The number of carbonyl (C=O) groups is 2. The number of para-hydroxylation sites is 1. The third kappa shape index (κ3) is 5.88. The molecule has 1 aliphatic carbocycles. The molecule has 240 valence electrons. The van der Waals surface area contributed by atoms with Crippen LogP contribution >= 0.6 is 0 Å². The molecule has 10 nitrogen and oxygen atoms in total. The predicted molar refractivity (Wildman–Crippen MR) is 174 cm³/mol. The lowest BCUT2D eigenvalue weighted by Crippen LogP contribution is -2.56. The van der Waals surface area contributed by atoms with Crippen LogP contribution in [0, 0.1) is 13.8 Å². The summed E-state index contributed by atoms with van der Waals surface area (Å²) in [5.74, 6) is -0.303. The third-order valence-corrected chi connectivity index (χ3v) is 9.09. The SMILES string of the molecule is Cc1oc(=O)oc1COC(=O)COc1ccc(C2CC23CNCCN3C(=O)c2cc(C)n(-c3ccccc3)c2-c2ccccc2)cc1. The summed E-state index contributed by atoms with van der Waals surface area (Å²) in [5.41, 5.74) is 5.37. The maximum Gasteiger partial charge on any atom is 0.519 e. The van der Waals surface area contributed by atoms with Gasteiger partial charge in [0.15, 0.2) is 24.7 Å². The van der Waals surface area contributed by atoms with Crippen LogP contribution in [0.25, 0.3) is 16.9 Å². The van der Waals surface area contributed by atoms with Gasteiger partial charge in [0, 0.05) is 36.9 Å². The molecular weight excluding hydrogens is 598 g/mol. The van der Waals surface area contributed by atoms with Crippen molar-refractivity contribution in [2.45, 2.75) is 38.3 Å². The van der Waals surface area contributed by atoms with Gasteiger partial charge in [0.25, 0.3) is 5.91 Å². The number of benzene rings is 3. The van der Waals surface area contributed by atoms with Crippen molar-refractivity contribution < 1.29 is 27.9 Å². The van der Waals surface area contributed by atoms with Crippen molar-refractivity contribution in [2.75, 3.05) is 26.2 Å². The second-order valence-electron chi connectivity index (χ2n) is 12.0. The first-order valence-corrected chi connectivity index (χ1v) is 15.7. The smallest absolute Gasteiger partial charge is 0.482 e. The normalized spacial score (nSPS) is 18.7. The number of carbonyl (C=O) groups excluding carboxylic acids is 2. The van der Waals surface area contributed by atoms with Crippen molar-refractivity contribution in [3.05, 3.63) is 130 Å². The Labute approximate surface area is 271 Å². The number of amides is 1. The van der Waals surface area contributed by atoms with Crippen LogP contribution in [0.3, 0.4) is 0 Å². The molecule has 3 heterocycles. The minimum absolute atomic E-state index is 0.0361. The van der Waals surface area contributed by atoms with Crippen LogP contribution in [0.2, 0.25) is 0 Å². The number of esters is 1. The Morgan fingerprint density at radius 3 is 2.38 bits per heavy atom. The second kappa shape index (κ2) is 12.4. The topological polar surface area (TPSA) is 116 Å². The number of ether oxygens (including phenoxy) is 2. The number of piperazine rings is 1. The van der Waals surface area contributed by atoms with Gasteiger partial charge in [0.1, 0.15) is 5.75 Å². The Bertz CT molecular complexity index is 1960. The van der Waals surface area contributed by atoms with Gasteiger partial charge >= 0.3 is 11.8 Å². The van der Waals surface area contributed by atoms with Crippen LogP contribution in [0.4, 0.5) is 0 Å².